The van der Waals surface area contributed by atoms with Crippen molar-refractivity contribution >= 4 is 5.78 Å². The molecular weight excluding hydrogens is 241 g/mol. The summed E-state index contributed by atoms with van der Waals surface area (Å²) in [7, 11) is 0. The van der Waals surface area contributed by atoms with E-state index in [9.17, 15) is 9.18 Å². The Hall–Kier alpha value is -1.22. The molecule has 1 heterocycles. The molecule has 2 rings (SSSR count). The van der Waals surface area contributed by atoms with Crippen molar-refractivity contribution in [3.63, 3.8) is 0 Å². The summed E-state index contributed by atoms with van der Waals surface area (Å²) >= 11 is 0. The lowest BCUT2D eigenvalue weighted by molar-refractivity contribution is 0.0922. The predicted molar refractivity (Wildman–Crippen MR) is 74.7 cm³/mol. The van der Waals surface area contributed by atoms with E-state index in [2.05, 4.69) is 18.7 Å². The van der Waals surface area contributed by atoms with Gasteiger partial charge in [-0.25, -0.2) is 4.39 Å². The van der Waals surface area contributed by atoms with Crippen molar-refractivity contribution in [2.45, 2.75) is 26.7 Å². The Morgan fingerprint density at radius 2 is 1.89 bits per heavy atom. The van der Waals surface area contributed by atoms with E-state index in [0.29, 0.717) is 18.3 Å². The number of benzene rings is 1. The van der Waals surface area contributed by atoms with Gasteiger partial charge in [-0.15, -0.1) is 0 Å². The van der Waals surface area contributed by atoms with Crippen molar-refractivity contribution in [1.82, 2.24) is 4.90 Å². The zero-order valence-electron chi connectivity index (χ0n) is 11.7. The molecule has 0 aromatic heterocycles. The van der Waals surface area contributed by atoms with E-state index in [1.807, 2.05) is 0 Å². The maximum atomic E-state index is 13.5. The summed E-state index contributed by atoms with van der Waals surface area (Å²) in [6.07, 6.45) is 1.66. The topological polar surface area (TPSA) is 20.3 Å². The number of ketones is 1. The van der Waals surface area contributed by atoms with Crippen LogP contribution in [0.4, 0.5) is 4.39 Å². The van der Waals surface area contributed by atoms with Crippen LogP contribution >= 0.6 is 0 Å². The van der Waals surface area contributed by atoms with Crippen LogP contribution in [0.5, 0.6) is 0 Å². The molecule has 0 radical (unpaired) electrons. The van der Waals surface area contributed by atoms with E-state index in [-0.39, 0.29) is 11.3 Å². The van der Waals surface area contributed by atoms with Gasteiger partial charge in [-0.3, -0.25) is 4.79 Å². The predicted octanol–water partition coefficient (Wildman–Crippen LogP) is 3.38. The Bertz CT molecular complexity index is 436. The largest absolute Gasteiger partial charge is 0.302 e. The van der Waals surface area contributed by atoms with E-state index in [1.54, 1.807) is 18.2 Å². The summed E-state index contributed by atoms with van der Waals surface area (Å²) in [5.41, 5.74) is 0.223. The monoisotopic (exact) mass is 263 g/mol. The number of carbonyl (C=O) groups is 1. The lowest BCUT2D eigenvalue weighted by Crippen LogP contribution is -2.39. The molecule has 1 aromatic carbocycles. The minimum atomic E-state index is -0.409. The fourth-order valence-electron chi connectivity index (χ4n) is 3.06. The van der Waals surface area contributed by atoms with Crippen LogP contribution in [0.1, 0.15) is 37.0 Å². The zero-order chi connectivity index (χ0) is 13.8. The maximum Gasteiger partial charge on any atom is 0.167 e. The van der Waals surface area contributed by atoms with Gasteiger partial charge in [0.25, 0.3) is 0 Å². The Morgan fingerprint density at radius 3 is 2.53 bits per heavy atom. The summed E-state index contributed by atoms with van der Waals surface area (Å²) in [5, 5.41) is 0. The van der Waals surface area contributed by atoms with Crippen LogP contribution in [0.2, 0.25) is 0 Å². The number of hydrogen-bond donors (Lipinski definition) is 0. The van der Waals surface area contributed by atoms with Crippen LogP contribution in [0.3, 0.4) is 0 Å². The fraction of sp³-hybridized carbons (Fsp3) is 0.562. The molecule has 19 heavy (non-hydrogen) atoms. The second kappa shape index (κ2) is 6.29. The molecular formula is C16H22FNO. The van der Waals surface area contributed by atoms with Crippen LogP contribution < -0.4 is 0 Å². The highest BCUT2D eigenvalue weighted by molar-refractivity contribution is 5.96. The molecule has 0 amide bonds. The smallest absolute Gasteiger partial charge is 0.167 e. The van der Waals surface area contributed by atoms with E-state index in [4.69, 9.17) is 0 Å². The van der Waals surface area contributed by atoms with Crippen LogP contribution in [0.15, 0.2) is 24.3 Å². The average Bonchev–Trinajstić information content (AvgIpc) is 2.35. The molecule has 104 valence electrons. The standard InChI is InChI=1S/C16H22FNO/c1-12-9-13(2)11-18(10-12)8-7-16(19)14-5-3-4-6-15(14)17/h3-6,12-13H,7-11H2,1-2H3. The quantitative estimate of drug-likeness (QED) is 0.776. The first-order valence-corrected chi connectivity index (χ1v) is 7.06. The molecule has 1 fully saturated rings. The Balaban J connectivity index is 1.89. The van der Waals surface area contributed by atoms with Crippen LogP contribution in [0, 0.1) is 17.7 Å². The lowest BCUT2D eigenvalue weighted by atomic mass is 9.91. The number of hydrogen-bond acceptors (Lipinski definition) is 2. The van der Waals surface area contributed by atoms with Gasteiger partial charge in [-0.05, 0) is 30.4 Å². The van der Waals surface area contributed by atoms with E-state index in [0.717, 1.165) is 19.6 Å². The third-order valence-corrected chi connectivity index (χ3v) is 3.77. The first-order valence-electron chi connectivity index (χ1n) is 7.06. The summed E-state index contributed by atoms with van der Waals surface area (Å²) in [6, 6.07) is 6.23. The SMILES string of the molecule is CC1CC(C)CN(CCC(=O)c2ccccc2F)C1. The molecule has 2 nitrogen and oxygen atoms in total. The van der Waals surface area contributed by atoms with Gasteiger partial charge in [0, 0.05) is 26.1 Å². The number of likely N-dealkylation sites (tertiary alicyclic amines) is 1. The first-order chi connectivity index (χ1) is 9.06. The fourth-order valence-corrected chi connectivity index (χ4v) is 3.06. The normalized spacial score (nSPS) is 24.4. The highest BCUT2D eigenvalue weighted by Gasteiger charge is 2.22. The third-order valence-electron chi connectivity index (χ3n) is 3.77. The van der Waals surface area contributed by atoms with Crippen LogP contribution in [-0.2, 0) is 0 Å². The van der Waals surface area contributed by atoms with Gasteiger partial charge in [0.15, 0.2) is 5.78 Å². The van der Waals surface area contributed by atoms with Crippen molar-refractivity contribution in [2.75, 3.05) is 19.6 Å². The highest BCUT2D eigenvalue weighted by Crippen LogP contribution is 2.21. The summed E-state index contributed by atoms with van der Waals surface area (Å²) < 4.78 is 13.5. The molecule has 0 aliphatic carbocycles. The van der Waals surface area contributed by atoms with Gasteiger partial charge in [0.05, 0.1) is 5.56 Å². The van der Waals surface area contributed by atoms with E-state index >= 15 is 0 Å². The third kappa shape index (κ3) is 3.87. The van der Waals surface area contributed by atoms with Gasteiger partial charge >= 0.3 is 0 Å². The molecule has 0 N–H and O–H groups in total. The molecule has 1 aliphatic rings. The molecule has 2 atom stereocenters. The van der Waals surface area contributed by atoms with Crippen molar-refractivity contribution in [3.05, 3.63) is 35.6 Å². The highest BCUT2D eigenvalue weighted by atomic mass is 19.1. The first kappa shape index (κ1) is 14.2. The van der Waals surface area contributed by atoms with Crippen LogP contribution in [-0.4, -0.2) is 30.3 Å². The van der Waals surface area contributed by atoms with Gasteiger partial charge in [0.2, 0.25) is 0 Å². The number of Topliss-reactive ketones (excluding diaryl/α,β-unsaturated/α-hetero) is 1. The Labute approximate surface area is 114 Å². The molecule has 0 bridgehead atoms. The number of rotatable bonds is 4. The number of piperidine rings is 1. The van der Waals surface area contributed by atoms with Gasteiger partial charge in [-0.2, -0.15) is 0 Å². The zero-order valence-corrected chi connectivity index (χ0v) is 11.7. The Morgan fingerprint density at radius 1 is 1.26 bits per heavy atom. The summed E-state index contributed by atoms with van der Waals surface area (Å²) in [5.74, 6) is 0.872. The molecule has 0 spiro atoms. The lowest BCUT2D eigenvalue weighted by Gasteiger charge is -2.34. The number of carbonyl (C=O) groups excluding carboxylic acids is 1. The second-order valence-corrected chi connectivity index (χ2v) is 5.86. The summed E-state index contributed by atoms with van der Waals surface area (Å²) in [4.78, 5) is 14.3. The number of nitrogens with zero attached hydrogens (tertiary/aromatic N) is 1. The molecule has 3 heteroatoms. The molecule has 1 aliphatic heterocycles. The van der Waals surface area contributed by atoms with Crippen molar-refractivity contribution in [1.29, 1.82) is 0 Å². The second-order valence-electron chi connectivity index (χ2n) is 5.86. The Kier molecular flexibility index (Phi) is 4.70. The van der Waals surface area contributed by atoms with Crippen molar-refractivity contribution in [2.24, 2.45) is 11.8 Å². The van der Waals surface area contributed by atoms with Crippen LogP contribution in [0.25, 0.3) is 0 Å². The molecule has 2 unspecified atom stereocenters. The van der Waals surface area contributed by atoms with Gasteiger partial charge in [-0.1, -0.05) is 26.0 Å². The minimum Gasteiger partial charge on any atom is -0.302 e. The number of halogens is 1. The summed E-state index contributed by atoms with van der Waals surface area (Å²) in [6.45, 7) is 7.34. The molecule has 0 saturated carbocycles. The average molecular weight is 263 g/mol. The van der Waals surface area contributed by atoms with E-state index < -0.39 is 5.82 Å². The molecule has 1 aromatic rings. The molecule has 1 saturated heterocycles. The van der Waals surface area contributed by atoms with Gasteiger partial charge < -0.3 is 4.90 Å². The van der Waals surface area contributed by atoms with Crippen molar-refractivity contribution < 1.29 is 9.18 Å². The van der Waals surface area contributed by atoms with Crippen molar-refractivity contribution in [3.8, 4) is 0 Å². The maximum absolute atomic E-state index is 13.5. The minimum absolute atomic E-state index is 0.0935. The van der Waals surface area contributed by atoms with Gasteiger partial charge in [0.1, 0.15) is 5.82 Å². The van der Waals surface area contributed by atoms with E-state index in [1.165, 1.54) is 12.5 Å².